The standard InChI is InChI=1S/C19H20N2O5/c1-11-8-9-16(12(2)10-11)20-18(22)14(4)26-19(23)15-6-5-7-17(13(15)3)21(24)25/h5-10,14H,1-4H3,(H,20,22). The van der Waals surface area contributed by atoms with Crippen molar-refractivity contribution in [1.82, 2.24) is 0 Å². The number of benzene rings is 2. The Labute approximate surface area is 151 Å². The number of hydrogen-bond donors (Lipinski definition) is 1. The van der Waals surface area contributed by atoms with Crippen LogP contribution in [0.25, 0.3) is 0 Å². The summed E-state index contributed by atoms with van der Waals surface area (Å²) in [4.78, 5) is 35.0. The Morgan fingerprint density at radius 3 is 2.46 bits per heavy atom. The number of esters is 1. The molecule has 1 N–H and O–H groups in total. The second-order valence-corrected chi connectivity index (χ2v) is 6.06. The molecule has 2 rings (SSSR count). The summed E-state index contributed by atoms with van der Waals surface area (Å²) in [5.41, 5.74) is 2.68. The zero-order valence-corrected chi connectivity index (χ0v) is 15.0. The Morgan fingerprint density at radius 2 is 1.85 bits per heavy atom. The molecule has 26 heavy (non-hydrogen) atoms. The summed E-state index contributed by atoms with van der Waals surface area (Å²) >= 11 is 0. The van der Waals surface area contributed by atoms with Gasteiger partial charge < -0.3 is 10.1 Å². The highest BCUT2D eigenvalue weighted by Crippen LogP contribution is 2.22. The van der Waals surface area contributed by atoms with Crippen molar-refractivity contribution in [2.75, 3.05) is 5.32 Å². The molecule has 0 aromatic heterocycles. The maximum absolute atomic E-state index is 12.3. The van der Waals surface area contributed by atoms with Gasteiger partial charge in [-0.05, 0) is 45.4 Å². The molecule has 0 radical (unpaired) electrons. The van der Waals surface area contributed by atoms with Crippen LogP contribution in [0.15, 0.2) is 36.4 Å². The van der Waals surface area contributed by atoms with Gasteiger partial charge >= 0.3 is 5.97 Å². The van der Waals surface area contributed by atoms with E-state index in [9.17, 15) is 19.7 Å². The third kappa shape index (κ3) is 4.24. The lowest BCUT2D eigenvalue weighted by molar-refractivity contribution is -0.385. The van der Waals surface area contributed by atoms with E-state index in [0.717, 1.165) is 11.1 Å². The van der Waals surface area contributed by atoms with Crippen molar-refractivity contribution in [1.29, 1.82) is 0 Å². The molecular weight excluding hydrogens is 336 g/mol. The second kappa shape index (κ2) is 7.77. The Hall–Kier alpha value is -3.22. The zero-order chi connectivity index (χ0) is 19.4. The molecule has 7 heteroatoms. The Kier molecular flexibility index (Phi) is 5.71. The van der Waals surface area contributed by atoms with Crippen LogP contribution in [0, 0.1) is 30.9 Å². The predicted octanol–water partition coefficient (Wildman–Crippen LogP) is 3.70. The lowest BCUT2D eigenvalue weighted by Crippen LogP contribution is -2.30. The number of ether oxygens (including phenoxy) is 1. The van der Waals surface area contributed by atoms with Crippen LogP contribution < -0.4 is 5.32 Å². The van der Waals surface area contributed by atoms with Gasteiger partial charge in [-0.15, -0.1) is 0 Å². The van der Waals surface area contributed by atoms with Crippen LogP contribution in [0.1, 0.15) is 34.0 Å². The van der Waals surface area contributed by atoms with Gasteiger partial charge in [0.2, 0.25) is 0 Å². The first-order chi connectivity index (χ1) is 12.2. The van der Waals surface area contributed by atoms with Crippen LogP contribution in [0.4, 0.5) is 11.4 Å². The molecule has 2 aromatic rings. The van der Waals surface area contributed by atoms with Gasteiger partial charge in [0.1, 0.15) is 0 Å². The van der Waals surface area contributed by atoms with Crippen molar-refractivity contribution < 1.29 is 19.2 Å². The highest BCUT2D eigenvalue weighted by molar-refractivity contribution is 5.98. The SMILES string of the molecule is Cc1ccc(NC(=O)C(C)OC(=O)c2cccc([N+](=O)[O-])c2C)c(C)c1. The minimum atomic E-state index is -1.05. The summed E-state index contributed by atoms with van der Waals surface area (Å²) in [5.74, 6) is -1.26. The van der Waals surface area contributed by atoms with E-state index in [1.54, 1.807) is 6.07 Å². The van der Waals surface area contributed by atoms with Crippen molar-refractivity contribution in [2.24, 2.45) is 0 Å². The first kappa shape index (κ1) is 19.1. The van der Waals surface area contributed by atoms with E-state index in [2.05, 4.69) is 5.32 Å². The Bertz CT molecular complexity index is 876. The molecule has 0 saturated carbocycles. The summed E-state index contributed by atoms with van der Waals surface area (Å²) in [7, 11) is 0. The fourth-order valence-corrected chi connectivity index (χ4v) is 2.51. The summed E-state index contributed by atoms with van der Waals surface area (Å²) in [6.45, 7) is 6.73. The van der Waals surface area contributed by atoms with Crippen LogP contribution in [0.3, 0.4) is 0 Å². The third-order valence-electron chi connectivity index (χ3n) is 4.01. The van der Waals surface area contributed by atoms with Crippen molar-refractivity contribution in [2.45, 2.75) is 33.8 Å². The highest BCUT2D eigenvalue weighted by atomic mass is 16.6. The molecule has 7 nitrogen and oxygen atoms in total. The van der Waals surface area contributed by atoms with Crippen LogP contribution in [-0.4, -0.2) is 22.9 Å². The average Bonchev–Trinajstić information content (AvgIpc) is 2.57. The van der Waals surface area contributed by atoms with Crippen LogP contribution in [0.2, 0.25) is 0 Å². The predicted molar refractivity (Wildman–Crippen MR) is 97.3 cm³/mol. The highest BCUT2D eigenvalue weighted by Gasteiger charge is 2.23. The van der Waals surface area contributed by atoms with Gasteiger partial charge in [-0.2, -0.15) is 0 Å². The van der Waals surface area contributed by atoms with Gasteiger partial charge in [0.25, 0.3) is 11.6 Å². The van der Waals surface area contributed by atoms with Crippen molar-refractivity contribution in [3.8, 4) is 0 Å². The minimum Gasteiger partial charge on any atom is -0.449 e. The quantitative estimate of drug-likeness (QED) is 0.500. The molecule has 0 bridgehead atoms. The molecule has 0 fully saturated rings. The molecule has 0 saturated heterocycles. The number of amides is 1. The first-order valence-electron chi connectivity index (χ1n) is 8.03. The summed E-state index contributed by atoms with van der Waals surface area (Å²) in [5, 5.41) is 13.7. The van der Waals surface area contributed by atoms with Crippen LogP contribution in [0.5, 0.6) is 0 Å². The molecule has 0 aliphatic heterocycles. The van der Waals surface area contributed by atoms with E-state index in [-0.39, 0.29) is 16.8 Å². The second-order valence-electron chi connectivity index (χ2n) is 6.06. The first-order valence-corrected chi connectivity index (χ1v) is 8.03. The summed E-state index contributed by atoms with van der Waals surface area (Å²) < 4.78 is 5.18. The number of rotatable bonds is 5. The fraction of sp³-hybridized carbons (Fsp3) is 0.263. The zero-order valence-electron chi connectivity index (χ0n) is 15.0. The van der Waals surface area contributed by atoms with Gasteiger partial charge in [0, 0.05) is 17.3 Å². The van der Waals surface area contributed by atoms with Gasteiger partial charge in [0.15, 0.2) is 6.10 Å². The summed E-state index contributed by atoms with van der Waals surface area (Å²) in [6.07, 6.45) is -1.05. The van der Waals surface area contributed by atoms with E-state index in [0.29, 0.717) is 5.69 Å². The summed E-state index contributed by atoms with van der Waals surface area (Å²) in [6, 6.07) is 9.72. The normalized spacial score (nSPS) is 11.5. The van der Waals surface area contributed by atoms with E-state index in [4.69, 9.17) is 4.74 Å². The number of nitrogens with zero attached hydrogens (tertiary/aromatic N) is 1. The molecule has 0 aliphatic carbocycles. The van der Waals surface area contributed by atoms with Crippen LogP contribution >= 0.6 is 0 Å². The van der Waals surface area contributed by atoms with E-state index >= 15 is 0 Å². The number of carbonyl (C=O) groups is 2. The molecule has 0 heterocycles. The third-order valence-corrected chi connectivity index (χ3v) is 4.01. The molecule has 136 valence electrons. The minimum absolute atomic E-state index is 0.0605. The molecule has 0 aliphatic rings. The molecule has 0 spiro atoms. The van der Waals surface area contributed by atoms with E-state index in [1.165, 1.54) is 32.0 Å². The van der Waals surface area contributed by atoms with Crippen molar-refractivity contribution in [3.05, 3.63) is 68.8 Å². The number of hydrogen-bond acceptors (Lipinski definition) is 5. The topological polar surface area (TPSA) is 98.5 Å². The van der Waals surface area contributed by atoms with Crippen molar-refractivity contribution >= 4 is 23.3 Å². The monoisotopic (exact) mass is 356 g/mol. The average molecular weight is 356 g/mol. The largest absolute Gasteiger partial charge is 0.449 e. The van der Waals surface area contributed by atoms with E-state index in [1.807, 2.05) is 26.0 Å². The molecular formula is C19H20N2O5. The number of nitro groups is 1. The number of nitrogens with one attached hydrogen (secondary N) is 1. The maximum atomic E-state index is 12.3. The molecule has 2 aromatic carbocycles. The Morgan fingerprint density at radius 1 is 1.15 bits per heavy atom. The number of aryl methyl sites for hydroxylation is 2. The lowest BCUT2D eigenvalue weighted by Gasteiger charge is -2.15. The number of nitro benzene ring substituents is 1. The number of carbonyl (C=O) groups excluding carboxylic acids is 2. The van der Waals surface area contributed by atoms with E-state index < -0.39 is 22.9 Å². The smallest absolute Gasteiger partial charge is 0.339 e. The molecule has 1 atom stereocenters. The fourth-order valence-electron chi connectivity index (χ4n) is 2.51. The van der Waals surface area contributed by atoms with Crippen LogP contribution in [-0.2, 0) is 9.53 Å². The molecule has 1 unspecified atom stereocenters. The maximum Gasteiger partial charge on any atom is 0.339 e. The van der Waals surface area contributed by atoms with Gasteiger partial charge in [-0.3, -0.25) is 14.9 Å². The van der Waals surface area contributed by atoms with Gasteiger partial charge in [-0.25, -0.2) is 4.79 Å². The lowest BCUT2D eigenvalue weighted by atomic mass is 10.1. The Balaban J connectivity index is 2.10. The number of anilines is 1. The van der Waals surface area contributed by atoms with Gasteiger partial charge in [-0.1, -0.05) is 23.8 Å². The van der Waals surface area contributed by atoms with Gasteiger partial charge in [0.05, 0.1) is 10.5 Å². The molecule has 1 amide bonds. The van der Waals surface area contributed by atoms with Crippen molar-refractivity contribution in [3.63, 3.8) is 0 Å².